The summed E-state index contributed by atoms with van der Waals surface area (Å²) >= 11 is 0. The van der Waals surface area contributed by atoms with Crippen LogP contribution in [0.25, 0.3) is 0 Å². The molecule has 0 bridgehead atoms. The molecule has 0 spiro atoms. The number of carbonyl (C=O) groups excluding carboxylic acids is 3. The van der Waals surface area contributed by atoms with Crippen molar-refractivity contribution in [3.63, 3.8) is 0 Å². The van der Waals surface area contributed by atoms with E-state index in [4.69, 9.17) is 11.8 Å². The van der Waals surface area contributed by atoms with Crippen LogP contribution in [0.15, 0.2) is 0 Å². The summed E-state index contributed by atoms with van der Waals surface area (Å²) in [5.74, 6) is -0.104. The Morgan fingerprint density at radius 3 is 1.35 bits per heavy atom. The fourth-order valence-corrected chi connectivity index (χ4v) is 0.631. The Morgan fingerprint density at radius 2 is 1.30 bits per heavy atom. The van der Waals surface area contributed by atoms with E-state index in [1.165, 1.54) is 13.8 Å². The number of urea groups is 1. The molecule has 2 N–H and O–H groups in total. The molecule has 1 heterocycles. The average molecular weight is 315 g/mol. The van der Waals surface area contributed by atoms with E-state index in [9.17, 15) is 14.4 Å². The van der Waals surface area contributed by atoms with Gasteiger partial charge in [-0.3, -0.25) is 10.1 Å². The molecule has 116 valence electrons. The Balaban J connectivity index is -0.0000000276. The predicted molar refractivity (Wildman–Crippen MR) is 79.0 cm³/mol. The number of ketones is 1. The molecule has 1 saturated heterocycles. The minimum absolute atomic E-state index is 0. The molecule has 0 atom stereocenters. The number of hydrogen-bond donors (Lipinski definition) is 2. The number of nitrogens with zero attached hydrogens (tertiary/aromatic N) is 1. The zero-order valence-corrected chi connectivity index (χ0v) is 13.3. The molecule has 1 rings (SSSR count). The number of rotatable bonds is 0. The van der Waals surface area contributed by atoms with E-state index in [2.05, 4.69) is 10.6 Å². The van der Waals surface area contributed by atoms with E-state index < -0.39 is 11.6 Å². The SMILES string of the molecule is C.C.C.C.CC(C)=O.CC1(C)NC(=O)NC1=O.[C-]#N.[K+]. The number of carbonyl (C=O) groups is 3. The third-order valence-corrected chi connectivity index (χ3v) is 1.22. The van der Waals surface area contributed by atoms with Crippen molar-refractivity contribution in [1.82, 2.24) is 10.6 Å². The monoisotopic (exact) mass is 315 g/mol. The molecule has 0 radical (unpaired) electrons. The number of nitrogens with one attached hydrogen (secondary N) is 2. The molecule has 0 saturated carbocycles. The number of Topliss-reactive ketones (excluding diaryl/α,β-unsaturated/α-hetero) is 1. The first-order chi connectivity index (χ1) is 6.75. The van der Waals surface area contributed by atoms with Crippen molar-refractivity contribution in [1.29, 1.82) is 5.26 Å². The Kier molecular flexibility index (Phi) is 44.9. The molecule has 0 aromatic rings. The molecule has 0 aromatic carbocycles. The van der Waals surface area contributed by atoms with Crippen LogP contribution in [0.2, 0.25) is 0 Å². The molecule has 6 nitrogen and oxygen atoms in total. The van der Waals surface area contributed by atoms with E-state index in [1.807, 2.05) is 0 Å². The van der Waals surface area contributed by atoms with Crippen LogP contribution in [-0.4, -0.2) is 23.3 Å². The molecule has 20 heavy (non-hydrogen) atoms. The van der Waals surface area contributed by atoms with Gasteiger partial charge in [0.05, 0.1) is 0 Å². The summed E-state index contributed by atoms with van der Waals surface area (Å²) in [5, 5.41) is 10.8. The maximum atomic E-state index is 10.7. The molecule has 0 aliphatic carbocycles. The van der Waals surface area contributed by atoms with Crippen LogP contribution in [0.5, 0.6) is 0 Å². The first-order valence-electron chi connectivity index (χ1n) is 4.09. The Morgan fingerprint density at radius 1 is 1.05 bits per heavy atom. The van der Waals surface area contributed by atoms with Gasteiger partial charge in [0.25, 0.3) is 5.91 Å². The number of imide groups is 1. The summed E-state index contributed by atoms with van der Waals surface area (Å²) in [5.41, 5.74) is -0.725. The largest absolute Gasteiger partial charge is 1.00 e. The predicted octanol–water partition coefficient (Wildman–Crippen LogP) is -0.156. The summed E-state index contributed by atoms with van der Waals surface area (Å²) in [6.45, 7) is 11.1. The molecule has 0 unspecified atom stereocenters. The van der Waals surface area contributed by atoms with Crippen LogP contribution in [0, 0.1) is 11.8 Å². The van der Waals surface area contributed by atoms with E-state index in [-0.39, 0.29) is 92.8 Å². The summed E-state index contributed by atoms with van der Waals surface area (Å²) < 4.78 is 0. The van der Waals surface area contributed by atoms with Crippen LogP contribution in [0.3, 0.4) is 0 Å². The molecule has 1 aliphatic rings. The molecular formula is C13H30KN3O3. The van der Waals surface area contributed by atoms with Gasteiger partial charge in [-0.15, -0.1) is 0 Å². The standard InChI is InChI=1S/C5H8N2O2.C3H6O.CN.4CH4.K/c1-5(2)3(8)6-4(9)7-5;1-3(2)4;1-2;;;;;/h1-2H3,(H2,6,7,8,9);1-2H3;;4*1H4;/q;;-1;;;;;+1. The Hall–Kier alpha value is -0.264. The summed E-state index contributed by atoms with van der Waals surface area (Å²) in [7, 11) is 0. The third kappa shape index (κ3) is 22.9. The summed E-state index contributed by atoms with van der Waals surface area (Å²) in [6.07, 6.45) is 0. The first kappa shape index (κ1) is 42.7. The second-order valence-corrected chi connectivity index (χ2v) is 3.44. The first-order valence-corrected chi connectivity index (χ1v) is 4.09. The third-order valence-electron chi connectivity index (χ3n) is 1.22. The molecule has 1 aliphatic heterocycles. The van der Waals surface area contributed by atoms with Crippen molar-refractivity contribution in [2.24, 2.45) is 0 Å². The zero-order chi connectivity index (χ0) is 12.6. The van der Waals surface area contributed by atoms with Gasteiger partial charge >= 0.3 is 57.4 Å². The van der Waals surface area contributed by atoms with Gasteiger partial charge in [-0.2, -0.15) is 0 Å². The number of hydrogen-bond acceptors (Lipinski definition) is 4. The van der Waals surface area contributed by atoms with E-state index in [1.54, 1.807) is 13.8 Å². The van der Waals surface area contributed by atoms with Crippen LogP contribution < -0.4 is 62.0 Å². The zero-order valence-electron chi connectivity index (χ0n) is 10.2. The maximum Gasteiger partial charge on any atom is 1.00 e. The minimum Gasteiger partial charge on any atom is -0.512 e. The van der Waals surface area contributed by atoms with Crippen molar-refractivity contribution in [2.45, 2.75) is 62.9 Å². The minimum atomic E-state index is -0.725. The van der Waals surface area contributed by atoms with Crippen molar-refractivity contribution < 1.29 is 65.8 Å². The Bertz CT molecular complexity index is 286. The molecular weight excluding hydrogens is 285 g/mol. The second-order valence-electron chi connectivity index (χ2n) is 3.44. The molecule has 1 fully saturated rings. The van der Waals surface area contributed by atoms with Crippen LogP contribution in [0.4, 0.5) is 4.79 Å². The van der Waals surface area contributed by atoms with Crippen LogP contribution >= 0.6 is 0 Å². The van der Waals surface area contributed by atoms with Crippen molar-refractivity contribution in [3.8, 4) is 0 Å². The quantitative estimate of drug-likeness (QED) is 0.369. The molecule has 7 heteroatoms. The molecule has 3 amide bonds. The van der Waals surface area contributed by atoms with Crippen molar-refractivity contribution in [2.75, 3.05) is 0 Å². The number of amides is 3. The summed E-state index contributed by atoms with van der Waals surface area (Å²) in [4.78, 5) is 30.6. The fourth-order valence-electron chi connectivity index (χ4n) is 0.631. The topological polar surface area (TPSA) is 99.1 Å². The Labute approximate surface area is 167 Å². The fraction of sp³-hybridized carbons (Fsp3) is 0.692. The van der Waals surface area contributed by atoms with Gasteiger partial charge in [0.15, 0.2) is 0 Å². The van der Waals surface area contributed by atoms with Crippen molar-refractivity contribution >= 4 is 17.7 Å². The van der Waals surface area contributed by atoms with Gasteiger partial charge in [-0.1, -0.05) is 29.7 Å². The molecule has 0 aromatic heterocycles. The van der Waals surface area contributed by atoms with E-state index in [0.717, 1.165) is 0 Å². The van der Waals surface area contributed by atoms with Gasteiger partial charge in [0.1, 0.15) is 11.3 Å². The van der Waals surface area contributed by atoms with Crippen LogP contribution in [-0.2, 0) is 9.59 Å². The van der Waals surface area contributed by atoms with Gasteiger partial charge in [0.2, 0.25) is 0 Å². The van der Waals surface area contributed by atoms with Gasteiger partial charge in [-0.25, -0.2) is 4.79 Å². The average Bonchev–Trinajstić information content (AvgIpc) is 2.26. The normalized spacial score (nSPS) is 11.9. The van der Waals surface area contributed by atoms with Crippen molar-refractivity contribution in [3.05, 3.63) is 6.57 Å². The van der Waals surface area contributed by atoms with Gasteiger partial charge < -0.3 is 21.9 Å². The van der Waals surface area contributed by atoms with Gasteiger partial charge in [-0.05, 0) is 27.7 Å². The van der Waals surface area contributed by atoms with Gasteiger partial charge in [0, 0.05) is 0 Å². The second kappa shape index (κ2) is 21.0. The van der Waals surface area contributed by atoms with E-state index in [0.29, 0.717) is 0 Å². The van der Waals surface area contributed by atoms with Crippen LogP contribution in [0.1, 0.15) is 57.4 Å². The maximum absolute atomic E-state index is 10.7. The smallest absolute Gasteiger partial charge is 0.512 e. The summed E-state index contributed by atoms with van der Waals surface area (Å²) in [6, 6.07) is -0.412. The van der Waals surface area contributed by atoms with E-state index >= 15 is 0 Å².